The molecular weight excluding hydrogens is 260 g/mol. The van der Waals surface area contributed by atoms with Gasteiger partial charge >= 0.3 is 0 Å². The molecule has 0 spiro atoms. The van der Waals surface area contributed by atoms with E-state index in [0.29, 0.717) is 12.0 Å². The monoisotopic (exact) mass is 286 g/mol. The van der Waals surface area contributed by atoms with E-state index in [1.807, 2.05) is 6.07 Å². The van der Waals surface area contributed by atoms with Crippen molar-refractivity contribution in [2.45, 2.75) is 52.1 Å². The minimum atomic E-state index is 0.0927. The lowest BCUT2D eigenvalue weighted by Crippen LogP contribution is -2.40. The maximum atomic E-state index is 12.5. The molecule has 3 nitrogen and oxygen atoms in total. The van der Waals surface area contributed by atoms with Crippen molar-refractivity contribution in [3.05, 3.63) is 34.9 Å². The number of fused-ring (bicyclic) bond motifs is 1. The summed E-state index contributed by atoms with van der Waals surface area (Å²) in [6.07, 6.45) is 4.51. The van der Waals surface area contributed by atoms with Crippen LogP contribution in [0.25, 0.3) is 0 Å². The Kier molecular flexibility index (Phi) is 4.29. The van der Waals surface area contributed by atoms with Crippen LogP contribution in [-0.4, -0.2) is 18.5 Å². The summed E-state index contributed by atoms with van der Waals surface area (Å²) in [7, 11) is 0. The minimum Gasteiger partial charge on any atom is -0.349 e. The Hall–Kier alpha value is -1.35. The van der Waals surface area contributed by atoms with E-state index in [-0.39, 0.29) is 5.91 Å². The summed E-state index contributed by atoms with van der Waals surface area (Å²) in [6, 6.07) is 6.51. The molecule has 3 heteroatoms. The maximum Gasteiger partial charge on any atom is 0.251 e. The Morgan fingerprint density at radius 3 is 2.86 bits per heavy atom. The summed E-state index contributed by atoms with van der Waals surface area (Å²) >= 11 is 0. The molecule has 1 heterocycles. The SMILES string of the molecule is CC1CCC(NC(=O)c2ccc3c(c2)CNCC3)CC1C. The van der Waals surface area contributed by atoms with Gasteiger partial charge in [0.2, 0.25) is 0 Å². The van der Waals surface area contributed by atoms with Crippen LogP contribution in [0.3, 0.4) is 0 Å². The maximum absolute atomic E-state index is 12.5. The van der Waals surface area contributed by atoms with Crippen LogP contribution < -0.4 is 10.6 Å². The zero-order valence-electron chi connectivity index (χ0n) is 13.1. The average Bonchev–Trinajstić information content (AvgIpc) is 2.50. The molecule has 3 unspecified atom stereocenters. The first-order valence-electron chi connectivity index (χ1n) is 8.27. The molecule has 3 atom stereocenters. The average molecular weight is 286 g/mol. The number of hydrogen-bond acceptors (Lipinski definition) is 2. The van der Waals surface area contributed by atoms with Crippen LogP contribution in [0.1, 0.15) is 54.6 Å². The third-order valence-corrected chi connectivity index (χ3v) is 5.29. The summed E-state index contributed by atoms with van der Waals surface area (Å²) in [6.45, 7) is 6.54. The lowest BCUT2D eigenvalue weighted by Gasteiger charge is -2.32. The highest BCUT2D eigenvalue weighted by Gasteiger charge is 2.26. The first-order valence-corrected chi connectivity index (χ1v) is 8.27. The molecule has 2 aliphatic rings. The second-order valence-electron chi connectivity index (χ2n) is 6.85. The van der Waals surface area contributed by atoms with Crippen molar-refractivity contribution >= 4 is 5.91 Å². The van der Waals surface area contributed by atoms with Crippen molar-refractivity contribution in [2.24, 2.45) is 11.8 Å². The lowest BCUT2D eigenvalue weighted by molar-refractivity contribution is 0.0910. The van der Waals surface area contributed by atoms with E-state index in [1.54, 1.807) is 0 Å². The van der Waals surface area contributed by atoms with E-state index in [2.05, 4.69) is 36.6 Å². The number of rotatable bonds is 2. The lowest BCUT2D eigenvalue weighted by atomic mass is 9.79. The van der Waals surface area contributed by atoms with Gasteiger partial charge in [0.25, 0.3) is 5.91 Å². The van der Waals surface area contributed by atoms with Gasteiger partial charge in [-0.2, -0.15) is 0 Å². The van der Waals surface area contributed by atoms with Crippen LogP contribution in [0.4, 0.5) is 0 Å². The smallest absolute Gasteiger partial charge is 0.251 e. The molecule has 3 rings (SSSR count). The van der Waals surface area contributed by atoms with Crippen molar-refractivity contribution in [2.75, 3.05) is 6.54 Å². The zero-order chi connectivity index (χ0) is 14.8. The van der Waals surface area contributed by atoms with Gasteiger partial charge in [0.15, 0.2) is 0 Å². The number of hydrogen-bond donors (Lipinski definition) is 2. The summed E-state index contributed by atoms with van der Waals surface area (Å²) < 4.78 is 0. The van der Waals surface area contributed by atoms with E-state index in [9.17, 15) is 4.79 Å². The van der Waals surface area contributed by atoms with Gasteiger partial charge in [0.1, 0.15) is 0 Å². The number of nitrogens with one attached hydrogen (secondary N) is 2. The molecule has 1 fully saturated rings. The van der Waals surface area contributed by atoms with Crippen LogP contribution in [-0.2, 0) is 13.0 Å². The highest BCUT2D eigenvalue weighted by molar-refractivity contribution is 5.94. The third-order valence-electron chi connectivity index (χ3n) is 5.29. The Morgan fingerprint density at radius 2 is 2.05 bits per heavy atom. The van der Waals surface area contributed by atoms with Crippen molar-refractivity contribution in [3.8, 4) is 0 Å². The number of carbonyl (C=O) groups excluding carboxylic acids is 1. The molecule has 114 valence electrons. The normalized spacial score (nSPS) is 28.8. The molecule has 1 saturated carbocycles. The molecule has 0 bridgehead atoms. The van der Waals surface area contributed by atoms with Gasteiger partial charge < -0.3 is 10.6 Å². The zero-order valence-corrected chi connectivity index (χ0v) is 13.1. The fraction of sp³-hybridized carbons (Fsp3) is 0.611. The highest BCUT2D eigenvalue weighted by Crippen LogP contribution is 2.29. The molecule has 1 aliphatic heterocycles. The standard InChI is InChI=1S/C18H26N2O/c1-12-3-6-17(9-13(12)2)20-18(21)15-5-4-14-7-8-19-11-16(14)10-15/h4-5,10,12-13,17,19H,3,6-9,11H2,1-2H3,(H,20,21). The van der Waals surface area contributed by atoms with Gasteiger partial charge in [-0.1, -0.05) is 19.9 Å². The van der Waals surface area contributed by atoms with E-state index in [1.165, 1.54) is 17.5 Å². The van der Waals surface area contributed by atoms with Gasteiger partial charge in [0.05, 0.1) is 0 Å². The summed E-state index contributed by atoms with van der Waals surface area (Å²) in [5.74, 6) is 1.58. The van der Waals surface area contributed by atoms with Gasteiger partial charge in [-0.25, -0.2) is 0 Å². The van der Waals surface area contributed by atoms with E-state index < -0.39 is 0 Å². The molecule has 0 aromatic heterocycles. The van der Waals surface area contributed by atoms with Crippen LogP contribution in [0.5, 0.6) is 0 Å². The van der Waals surface area contributed by atoms with Crippen molar-refractivity contribution < 1.29 is 4.79 Å². The Labute approximate surface area is 127 Å². The Morgan fingerprint density at radius 1 is 1.19 bits per heavy atom. The molecule has 0 saturated heterocycles. The molecule has 21 heavy (non-hydrogen) atoms. The fourth-order valence-electron chi connectivity index (χ4n) is 3.57. The predicted molar refractivity (Wildman–Crippen MR) is 85.3 cm³/mol. The quantitative estimate of drug-likeness (QED) is 0.877. The molecule has 1 aromatic carbocycles. The summed E-state index contributed by atoms with van der Waals surface area (Å²) in [5, 5.41) is 6.60. The van der Waals surface area contributed by atoms with Crippen LogP contribution in [0.15, 0.2) is 18.2 Å². The van der Waals surface area contributed by atoms with Gasteiger partial charge in [-0.3, -0.25) is 4.79 Å². The molecule has 1 aliphatic carbocycles. The second-order valence-corrected chi connectivity index (χ2v) is 6.85. The predicted octanol–water partition coefficient (Wildman–Crippen LogP) is 2.89. The van der Waals surface area contributed by atoms with E-state index in [4.69, 9.17) is 0 Å². The van der Waals surface area contributed by atoms with Crippen molar-refractivity contribution in [3.63, 3.8) is 0 Å². The minimum absolute atomic E-state index is 0.0927. The van der Waals surface area contributed by atoms with Crippen LogP contribution in [0.2, 0.25) is 0 Å². The van der Waals surface area contributed by atoms with Gasteiger partial charge in [-0.15, -0.1) is 0 Å². The van der Waals surface area contributed by atoms with Crippen molar-refractivity contribution in [1.29, 1.82) is 0 Å². The van der Waals surface area contributed by atoms with Crippen LogP contribution in [0, 0.1) is 11.8 Å². The first kappa shape index (κ1) is 14.6. The highest BCUT2D eigenvalue weighted by atomic mass is 16.1. The number of amides is 1. The molecule has 1 amide bonds. The summed E-state index contributed by atoms with van der Waals surface area (Å²) in [5.41, 5.74) is 3.47. The molecule has 0 radical (unpaired) electrons. The van der Waals surface area contributed by atoms with E-state index in [0.717, 1.165) is 43.8 Å². The summed E-state index contributed by atoms with van der Waals surface area (Å²) in [4.78, 5) is 12.5. The topological polar surface area (TPSA) is 41.1 Å². The first-order chi connectivity index (χ1) is 10.1. The Balaban J connectivity index is 1.65. The fourth-order valence-corrected chi connectivity index (χ4v) is 3.57. The van der Waals surface area contributed by atoms with Crippen LogP contribution >= 0.6 is 0 Å². The van der Waals surface area contributed by atoms with Gasteiger partial charge in [0, 0.05) is 18.2 Å². The Bertz CT molecular complexity index is 526. The number of benzene rings is 1. The second kappa shape index (κ2) is 6.18. The van der Waals surface area contributed by atoms with E-state index >= 15 is 0 Å². The van der Waals surface area contributed by atoms with Crippen molar-refractivity contribution in [1.82, 2.24) is 10.6 Å². The van der Waals surface area contributed by atoms with Gasteiger partial charge in [-0.05, 0) is 67.3 Å². The number of carbonyl (C=O) groups is 1. The molecular formula is C18H26N2O. The third kappa shape index (κ3) is 3.29. The molecule has 2 N–H and O–H groups in total. The largest absolute Gasteiger partial charge is 0.349 e. The molecule has 1 aromatic rings.